The van der Waals surface area contributed by atoms with Gasteiger partial charge in [0.15, 0.2) is 6.29 Å². The van der Waals surface area contributed by atoms with E-state index in [1.54, 1.807) is 0 Å². The van der Waals surface area contributed by atoms with Crippen LogP contribution in [0.4, 0.5) is 0 Å². The molecule has 1 heterocycles. The van der Waals surface area contributed by atoms with E-state index in [0.717, 1.165) is 62.1 Å². The van der Waals surface area contributed by atoms with E-state index in [2.05, 4.69) is 18.9 Å². The number of unbranched alkanes of at least 4 members (excludes halogenated alkanes) is 1. The van der Waals surface area contributed by atoms with Crippen LogP contribution >= 0.6 is 0 Å². The lowest BCUT2D eigenvalue weighted by Crippen LogP contribution is -2.11. The van der Waals surface area contributed by atoms with Gasteiger partial charge in [-0.05, 0) is 19.3 Å². The Balaban J connectivity index is 2.64. The maximum absolute atomic E-state index is 11.1. The van der Waals surface area contributed by atoms with Gasteiger partial charge in [0.25, 0.3) is 0 Å². The van der Waals surface area contributed by atoms with Gasteiger partial charge >= 0.3 is 0 Å². The summed E-state index contributed by atoms with van der Waals surface area (Å²) in [5, 5.41) is 4.49. The van der Waals surface area contributed by atoms with Crippen molar-refractivity contribution in [2.45, 2.75) is 53.0 Å². The third-order valence-corrected chi connectivity index (χ3v) is 3.05. The van der Waals surface area contributed by atoms with E-state index in [1.165, 1.54) is 0 Å². The molecule has 0 aliphatic heterocycles. The van der Waals surface area contributed by atoms with Gasteiger partial charge in [-0.1, -0.05) is 27.2 Å². The van der Waals surface area contributed by atoms with Crippen LogP contribution in [0.15, 0.2) is 0 Å². The lowest BCUT2D eigenvalue weighted by Gasteiger charge is -2.07. The van der Waals surface area contributed by atoms with Gasteiger partial charge in [-0.2, -0.15) is 5.10 Å². The lowest BCUT2D eigenvalue weighted by molar-refractivity contribution is 0.111. The number of hydrogen-bond acceptors (Lipinski definition) is 3. The standard InChI is InChI=1S/C14H24N2O2/c1-4-7-9-18-10-8-16-14(6-3)12(11-17)13(5-2)15-16/h11H,4-10H2,1-3H3. The number of aldehydes is 1. The fourth-order valence-electron chi connectivity index (χ4n) is 2.02. The first kappa shape index (κ1) is 14.9. The average Bonchev–Trinajstić information content (AvgIpc) is 2.75. The number of hydrogen-bond donors (Lipinski definition) is 0. The van der Waals surface area contributed by atoms with Crippen LogP contribution in [0.25, 0.3) is 0 Å². The van der Waals surface area contributed by atoms with Crippen molar-refractivity contribution in [3.8, 4) is 0 Å². The number of aryl methyl sites for hydroxylation is 1. The van der Waals surface area contributed by atoms with Gasteiger partial charge in [0.2, 0.25) is 0 Å². The first-order valence-corrected chi connectivity index (χ1v) is 6.89. The molecule has 0 unspecified atom stereocenters. The zero-order valence-corrected chi connectivity index (χ0v) is 11.7. The molecule has 0 fully saturated rings. The maximum atomic E-state index is 11.1. The van der Waals surface area contributed by atoms with Gasteiger partial charge in [0.05, 0.1) is 24.4 Å². The Hall–Kier alpha value is -1.16. The van der Waals surface area contributed by atoms with Gasteiger partial charge in [-0.25, -0.2) is 0 Å². The molecule has 18 heavy (non-hydrogen) atoms. The first-order valence-electron chi connectivity index (χ1n) is 6.89. The number of nitrogens with zero attached hydrogens (tertiary/aromatic N) is 2. The van der Waals surface area contributed by atoms with Crippen molar-refractivity contribution in [2.75, 3.05) is 13.2 Å². The summed E-state index contributed by atoms with van der Waals surface area (Å²) < 4.78 is 7.47. The average molecular weight is 252 g/mol. The van der Waals surface area contributed by atoms with E-state index in [0.29, 0.717) is 6.61 Å². The van der Waals surface area contributed by atoms with Gasteiger partial charge in [0, 0.05) is 12.3 Å². The molecule has 102 valence electrons. The third kappa shape index (κ3) is 3.67. The molecule has 0 radical (unpaired) electrons. The number of ether oxygens (including phenoxy) is 1. The predicted molar refractivity (Wildman–Crippen MR) is 72.1 cm³/mol. The molecule has 0 spiro atoms. The Bertz CT molecular complexity index is 372. The molecule has 1 rings (SSSR count). The molecule has 0 amide bonds. The van der Waals surface area contributed by atoms with E-state index in [4.69, 9.17) is 4.74 Å². The highest BCUT2D eigenvalue weighted by molar-refractivity contribution is 5.78. The zero-order valence-electron chi connectivity index (χ0n) is 11.7. The predicted octanol–water partition coefficient (Wildman–Crippen LogP) is 2.64. The Labute approximate surface area is 109 Å². The molecule has 0 aliphatic rings. The van der Waals surface area contributed by atoms with E-state index in [-0.39, 0.29) is 0 Å². The first-order chi connectivity index (χ1) is 8.78. The quantitative estimate of drug-likeness (QED) is 0.501. The summed E-state index contributed by atoms with van der Waals surface area (Å²) in [5.41, 5.74) is 2.70. The number of carbonyl (C=O) groups is 1. The maximum Gasteiger partial charge on any atom is 0.153 e. The molecule has 0 saturated carbocycles. The Morgan fingerprint density at radius 3 is 2.56 bits per heavy atom. The second-order valence-corrected chi connectivity index (χ2v) is 4.32. The highest BCUT2D eigenvalue weighted by Gasteiger charge is 2.14. The minimum absolute atomic E-state index is 0.663. The van der Waals surface area contributed by atoms with E-state index < -0.39 is 0 Å². The molecular weight excluding hydrogens is 228 g/mol. The van der Waals surface area contributed by atoms with Crippen LogP contribution in [-0.2, 0) is 24.1 Å². The molecule has 1 aromatic heterocycles. The van der Waals surface area contributed by atoms with Crippen LogP contribution in [0.2, 0.25) is 0 Å². The molecule has 0 N–H and O–H groups in total. The summed E-state index contributed by atoms with van der Waals surface area (Å²) in [4.78, 5) is 11.1. The fourth-order valence-corrected chi connectivity index (χ4v) is 2.02. The molecule has 0 aliphatic carbocycles. The van der Waals surface area contributed by atoms with Gasteiger partial charge in [0.1, 0.15) is 0 Å². The van der Waals surface area contributed by atoms with Gasteiger partial charge < -0.3 is 4.74 Å². The number of carbonyl (C=O) groups excluding carboxylic acids is 1. The smallest absolute Gasteiger partial charge is 0.153 e. The van der Waals surface area contributed by atoms with Crippen molar-refractivity contribution in [2.24, 2.45) is 0 Å². The second-order valence-electron chi connectivity index (χ2n) is 4.32. The lowest BCUT2D eigenvalue weighted by atomic mass is 10.1. The van der Waals surface area contributed by atoms with E-state index in [9.17, 15) is 4.79 Å². The van der Waals surface area contributed by atoms with Crippen LogP contribution < -0.4 is 0 Å². The minimum Gasteiger partial charge on any atom is -0.380 e. The second kappa shape index (κ2) is 8.03. The van der Waals surface area contributed by atoms with Crippen molar-refractivity contribution in [3.63, 3.8) is 0 Å². The largest absolute Gasteiger partial charge is 0.380 e. The summed E-state index contributed by atoms with van der Waals surface area (Å²) in [7, 11) is 0. The van der Waals surface area contributed by atoms with Gasteiger partial charge in [-0.15, -0.1) is 0 Å². The van der Waals surface area contributed by atoms with Crippen molar-refractivity contribution >= 4 is 6.29 Å². The minimum atomic E-state index is 0.663. The van der Waals surface area contributed by atoms with E-state index in [1.807, 2.05) is 11.6 Å². The van der Waals surface area contributed by atoms with Crippen LogP contribution in [0, 0.1) is 0 Å². The molecule has 4 nitrogen and oxygen atoms in total. The van der Waals surface area contributed by atoms with E-state index >= 15 is 0 Å². The molecule has 0 saturated heterocycles. The van der Waals surface area contributed by atoms with Crippen LogP contribution in [0.5, 0.6) is 0 Å². The summed E-state index contributed by atoms with van der Waals surface area (Å²) in [6.07, 6.45) is 4.80. The molecule has 4 heteroatoms. The SMILES string of the molecule is CCCCOCCn1nc(CC)c(C=O)c1CC. The van der Waals surface area contributed by atoms with Crippen LogP contribution in [0.1, 0.15) is 55.4 Å². The Morgan fingerprint density at radius 1 is 1.22 bits per heavy atom. The normalized spacial score (nSPS) is 10.8. The summed E-state index contributed by atoms with van der Waals surface area (Å²) in [5.74, 6) is 0. The Morgan fingerprint density at radius 2 is 2.00 bits per heavy atom. The van der Waals surface area contributed by atoms with Gasteiger partial charge in [-0.3, -0.25) is 9.48 Å². The Kier molecular flexibility index (Phi) is 6.65. The highest BCUT2D eigenvalue weighted by atomic mass is 16.5. The molecular formula is C14H24N2O2. The van der Waals surface area contributed by atoms with Crippen molar-refractivity contribution < 1.29 is 9.53 Å². The monoisotopic (exact) mass is 252 g/mol. The molecule has 0 atom stereocenters. The van der Waals surface area contributed by atoms with Crippen molar-refractivity contribution in [1.82, 2.24) is 9.78 Å². The van der Waals surface area contributed by atoms with Crippen molar-refractivity contribution in [3.05, 3.63) is 17.0 Å². The molecule has 0 aromatic carbocycles. The summed E-state index contributed by atoms with van der Waals surface area (Å²) in [6.45, 7) is 8.43. The highest BCUT2D eigenvalue weighted by Crippen LogP contribution is 2.14. The van der Waals surface area contributed by atoms with Crippen LogP contribution in [0.3, 0.4) is 0 Å². The number of rotatable bonds is 9. The molecule has 0 bridgehead atoms. The topological polar surface area (TPSA) is 44.1 Å². The zero-order chi connectivity index (χ0) is 13.4. The third-order valence-electron chi connectivity index (χ3n) is 3.05. The molecule has 1 aromatic rings. The summed E-state index contributed by atoms with van der Waals surface area (Å²) >= 11 is 0. The van der Waals surface area contributed by atoms with Crippen molar-refractivity contribution in [1.29, 1.82) is 0 Å². The fraction of sp³-hybridized carbons (Fsp3) is 0.714. The summed E-state index contributed by atoms with van der Waals surface area (Å²) in [6, 6.07) is 0. The van der Waals surface area contributed by atoms with Crippen LogP contribution in [-0.4, -0.2) is 29.3 Å². The number of aromatic nitrogens is 2.